The van der Waals surface area contributed by atoms with Crippen molar-refractivity contribution < 1.29 is 4.52 Å². The van der Waals surface area contributed by atoms with Gasteiger partial charge in [0.1, 0.15) is 5.69 Å². The van der Waals surface area contributed by atoms with Crippen molar-refractivity contribution in [3.05, 3.63) is 58.7 Å². The molecule has 0 aliphatic carbocycles. The van der Waals surface area contributed by atoms with Crippen molar-refractivity contribution in [2.24, 2.45) is 0 Å². The van der Waals surface area contributed by atoms with E-state index < -0.39 is 0 Å². The van der Waals surface area contributed by atoms with E-state index in [9.17, 15) is 0 Å². The first-order valence-corrected chi connectivity index (χ1v) is 9.95. The highest BCUT2D eigenvalue weighted by Crippen LogP contribution is 2.24. The van der Waals surface area contributed by atoms with Crippen LogP contribution in [0.3, 0.4) is 0 Å². The summed E-state index contributed by atoms with van der Waals surface area (Å²) in [6, 6.07) is 9.46. The lowest BCUT2D eigenvalue weighted by molar-refractivity contribution is 0.389. The molecule has 4 aromatic heterocycles. The van der Waals surface area contributed by atoms with Gasteiger partial charge in [0.25, 0.3) is 0 Å². The maximum Gasteiger partial charge on any atom is 0.225 e. The molecule has 0 amide bonds. The number of nitrogens with one attached hydrogen (secondary N) is 3. The number of rotatable bonds is 8. The largest absolute Gasteiger partial charge is 0.359 e. The molecule has 0 aliphatic heterocycles. The molecule has 4 rings (SSSR count). The number of pyridine rings is 1. The number of H-pyrrole nitrogens is 1. The fourth-order valence-electron chi connectivity index (χ4n) is 2.68. The summed E-state index contributed by atoms with van der Waals surface area (Å²) in [6.45, 7) is 2.52. The predicted molar refractivity (Wildman–Crippen MR) is 113 cm³/mol. The van der Waals surface area contributed by atoms with Crippen LogP contribution in [0.5, 0.6) is 0 Å². The Morgan fingerprint density at radius 3 is 2.93 bits per heavy atom. The molecule has 9 nitrogen and oxygen atoms in total. The monoisotopic (exact) mass is 454 g/mol. The van der Waals surface area contributed by atoms with Crippen LogP contribution in [-0.4, -0.2) is 30.3 Å². The molecule has 4 heterocycles. The molecule has 0 aromatic carbocycles. The Bertz CT molecular complexity index is 1080. The Balaban J connectivity index is 1.42. The summed E-state index contributed by atoms with van der Waals surface area (Å²) in [5, 5.41) is 17.7. The third kappa shape index (κ3) is 4.77. The Labute approximate surface area is 175 Å². The van der Waals surface area contributed by atoms with Gasteiger partial charge >= 0.3 is 0 Å². The summed E-state index contributed by atoms with van der Waals surface area (Å²) in [7, 11) is 0. The van der Waals surface area contributed by atoms with Gasteiger partial charge in [-0.3, -0.25) is 10.1 Å². The van der Waals surface area contributed by atoms with Gasteiger partial charge in [-0.25, -0.2) is 4.98 Å². The number of nitrogens with zero attached hydrogens (tertiary/aromatic N) is 5. The summed E-state index contributed by atoms with van der Waals surface area (Å²) >= 11 is 3.46. The third-order valence-electron chi connectivity index (χ3n) is 4.05. The van der Waals surface area contributed by atoms with E-state index in [4.69, 9.17) is 4.52 Å². The number of aromatic amines is 1. The number of aryl methyl sites for hydroxylation is 1. The van der Waals surface area contributed by atoms with Crippen molar-refractivity contribution in [1.29, 1.82) is 0 Å². The maximum atomic E-state index is 5.37. The topological polar surface area (TPSA) is 117 Å². The van der Waals surface area contributed by atoms with Gasteiger partial charge in [0, 0.05) is 30.2 Å². The predicted octanol–water partition coefficient (Wildman–Crippen LogP) is 4.32. The van der Waals surface area contributed by atoms with Gasteiger partial charge in [0.2, 0.25) is 5.95 Å². The molecule has 0 fully saturated rings. The fraction of sp³-hybridized carbons (Fsp3) is 0.211. The first-order valence-electron chi connectivity index (χ1n) is 9.16. The third-order valence-corrected chi connectivity index (χ3v) is 4.63. The minimum atomic E-state index is 0.393. The van der Waals surface area contributed by atoms with Gasteiger partial charge in [0.05, 0.1) is 16.7 Å². The molecule has 4 aromatic rings. The molecular formula is C19H19BrN8O. The van der Waals surface area contributed by atoms with Crippen molar-refractivity contribution in [1.82, 2.24) is 30.3 Å². The van der Waals surface area contributed by atoms with E-state index in [0.717, 1.165) is 28.7 Å². The highest BCUT2D eigenvalue weighted by molar-refractivity contribution is 9.10. The second-order valence-electron chi connectivity index (χ2n) is 6.29. The van der Waals surface area contributed by atoms with Crippen LogP contribution in [0.25, 0.3) is 11.4 Å². The molecule has 148 valence electrons. The van der Waals surface area contributed by atoms with E-state index in [1.165, 1.54) is 0 Å². The lowest BCUT2D eigenvalue weighted by Gasteiger charge is -2.07. The average molecular weight is 455 g/mol. The highest BCUT2D eigenvalue weighted by atomic mass is 79.9. The Kier molecular flexibility index (Phi) is 5.80. The fourth-order valence-corrected chi connectivity index (χ4v) is 2.97. The van der Waals surface area contributed by atoms with Crippen LogP contribution in [0.15, 0.2) is 51.7 Å². The Morgan fingerprint density at radius 1 is 1.17 bits per heavy atom. The molecule has 0 radical (unpaired) electrons. The zero-order chi connectivity index (χ0) is 20.1. The van der Waals surface area contributed by atoms with E-state index in [2.05, 4.69) is 63.8 Å². The molecule has 0 saturated heterocycles. The zero-order valence-corrected chi connectivity index (χ0v) is 17.3. The van der Waals surface area contributed by atoms with Crippen LogP contribution in [0, 0.1) is 0 Å². The van der Waals surface area contributed by atoms with E-state index in [0.29, 0.717) is 35.6 Å². The van der Waals surface area contributed by atoms with Crippen molar-refractivity contribution >= 4 is 33.5 Å². The van der Waals surface area contributed by atoms with Crippen molar-refractivity contribution in [3.63, 3.8) is 0 Å². The number of aromatic nitrogens is 6. The quantitative estimate of drug-likeness (QED) is 0.360. The molecule has 0 spiro atoms. The molecule has 0 atom stereocenters. The first kappa shape index (κ1) is 19.1. The van der Waals surface area contributed by atoms with E-state index in [-0.39, 0.29) is 0 Å². The Hall–Kier alpha value is -3.27. The maximum absolute atomic E-state index is 5.37. The van der Waals surface area contributed by atoms with Gasteiger partial charge in [-0.1, -0.05) is 24.6 Å². The van der Waals surface area contributed by atoms with Gasteiger partial charge in [-0.2, -0.15) is 10.1 Å². The number of anilines is 3. The molecular weight excluding hydrogens is 436 g/mol. The summed E-state index contributed by atoms with van der Waals surface area (Å²) in [4.78, 5) is 13.0. The summed E-state index contributed by atoms with van der Waals surface area (Å²) < 4.78 is 6.11. The summed E-state index contributed by atoms with van der Waals surface area (Å²) in [5.41, 5.74) is 2.52. The summed E-state index contributed by atoms with van der Waals surface area (Å²) in [6.07, 6.45) is 5.40. The van der Waals surface area contributed by atoms with Crippen LogP contribution in [0.1, 0.15) is 24.8 Å². The van der Waals surface area contributed by atoms with Crippen molar-refractivity contribution in [2.45, 2.75) is 26.3 Å². The normalized spacial score (nSPS) is 10.8. The first-order chi connectivity index (χ1) is 14.2. The zero-order valence-electron chi connectivity index (χ0n) is 15.7. The molecule has 10 heteroatoms. The van der Waals surface area contributed by atoms with E-state index in [1.807, 2.05) is 30.3 Å². The smallest absolute Gasteiger partial charge is 0.225 e. The van der Waals surface area contributed by atoms with Crippen LogP contribution < -0.4 is 10.6 Å². The lowest BCUT2D eigenvalue weighted by Crippen LogP contribution is -2.05. The van der Waals surface area contributed by atoms with E-state index in [1.54, 1.807) is 12.4 Å². The lowest BCUT2D eigenvalue weighted by atomic mass is 10.2. The standard InChI is InChI=1S/C19H19BrN8O/c1-2-5-12-8-17(27-26-12)24-18-14(20)11-23-19(25-18)22-10-13-9-16(28-29-13)15-6-3-4-7-21-15/h3-4,6-9,11H,2,5,10H2,1H3,(H3,22,23,24,25,26,27). The van der Waals surface area contributed by atoms with E-state index >= 15 is 0 Å². The highest BCUT2D eigenvalue weighted by Gasteiger charge is 2.10. The number of hydrogen-bond acceptors (Lipinski definition) is 8. The Morgan fingerprint density at radius 2 is 2.10 bits per heavy atom. The molecule has 29 heavy (non-hydrogen) atoms. The minimum absolute atomic E-state index is 0.393. The average Bonchev–Trinajstić information content (AvgIpc) is 3.39. The van der Waals surface area contributed by atoms with Crippen LogP contribution in [0.4, 0.5) is 17.6 Å². The second kappa shape index (κ2) is 8.82. The van der Waals surface area contributed by atoms with Gasteiger partial charge in [-0.05, 0) is 34.5 Å². The van der Waals surface area contributed by atoms with Crippen LogP contribution in [-0.2, 0) is 13.0 Å². The SMILES string of the molecule is CCCc1cc(Nc2nc(NCc3cc(-c4ccccn4)no3)ncc2Br)n[nH]1. The van der Waals surface area contributed by atoms with Gasteiger partial charge in [-0.15, -0.1) is 0 Å². The van der Waals surface area contributed by atoms with Crippen molar-refractivity contribution in [2.75, 3.05) is 10.6 Å². The number of hydrogen-bond donors (Lipinski definition) is 3. The molecule has 0 bridgehead atoms. The number of halogens is 1. The molecule has 3 N–H and O–H groups in total. The van der Waals surface area contributed by atoms with Crippen LogP contribution in [0.2, 0.25) is 0 Å². The van der Waals surface area contributed by atoms with Crippen molar-refractivity contribution in [3.8, 4) is 11.4 Å². The second-order valence-corrected chi connectivity index (χ2v) is 7.14. The molecule has 0 unspecified atom stereocenters. The van der Waals surface area contributed by atoms with Gasteiger partial charge < -0.3 is 15.2 Å². The molecule has 0 saturated carbocycles. The minimum Gasteiger partial charge on any atom is -0.359 e. The molecule has 0 aliphatic rings. The van der Waals surface area contributed by atoms with Crippen LogP contribution >= 0.6 is 15.9 Å². The van der Waals surface area contributed by atoms with Gasteiger partial charge in [0.15, 0.2) is 17.4 Å². The summed E-state index contributed by atoms with van der Waals surface area (Å²) in [5.74, 6) is 2.43.